The molecule has 2 amide bonds. The molecule has 0 unspecified atom stereocenters. The molecule has 2 heterocycles. The first-order valence-corrected chi connectivity index (χ1v) is 10.5. The molecule has 29 heavy (non-hydrogen) atoms. The van der Waals surface area contributed by atoms with Gasteiger partial charge in [0.1, 0.15) is 5.82 Å². The molecule has 0 aromatic heterocycles. The van der Waals surface area contributed by atoms with Crippen LogP contribution in [-0.4, -0.2) is 78.9 Å². The minimum absolute atomic E-state index is 0.0487. The highest BCUT2D eigenvalue weighted by Gasteiger charge is 2.65. The van der Waals surface area contributed by atoms with E-state index in [1.165, 1.54) is 6.07 Å². The van der Waals surface area contributed by atoms with E-state index in [9.17, 15) is 13.6 Å². The zero-order valence-corrected chi connectivity index (χ0v) is 17.2. The van der Waals surface area contributed by atoms with Crippen molar-refractivity contribution < 1.29 is 18.3 Å². The fourth-order valence-electron chi connectivity index (χ4n) is 5.49. The molecule has 7 heteroatoms. The van der Waals surface area contributed by atoms with Gasteiger partial charge in [0.15, 0.2) is 5.67 Å². The summed E-state index contributed by atoms with van der Waals surface area (Å²) in [6.45, 7) is 1.52. The average Bonchev–Trinajstić information content (AvgIpc) is 3.39. The Morgan fingerprint density at radius 1 is 1.24 bits per heavy atom. The van der Waals surface area contributed by atoms with E-state index in [4.69, 9.17) is 4.74 Å². The van der Waals surface area contributed by atoms with Gasteiger partial charge in [0.25, 0.3) is 0 Å². The Balaban J connectivity index is 1.42. The average molecular weight is 405 g/mol. The van der Waals surface area contributed by atoms with Crippen LogP contribution >= 0.6 is 0 Å². The summed E-state index contributed by atoms with van der Waals surface area (Å²) in [7, 11) is 4.03. The van der Waals surface area contributed by atoms with Crippen molar-refractivity contribution in [2.75, 3.05) is 46.9 Å². The Bertz CT molecular complexity index is 816. The molecule has 2 saturated heterocycles. The molecule has 2 aliphatic heterocycles. The van der Waals surface area contributed by atoms with Gasteiger partial charge >= 0.3 is 6.03 Å². The molecule has 2 saturated carbocycles. The summed E-state index contributed by atoms with van der Waals surface area (Å²) in [6, 6.07) is 6.74. The zero-order chi connectivity index (χ0) is 20.4. The van der Waals surface area contributed by atoms with Crippen molar-refractivity contribution in [3.8, 4) is 0 Å². The molecule has 0 atom stereocenters. The Morgan fingerprint density at radius 2 is 1.97 bits per heavy atom. The maximum Gasteiger partial charge on any atom is 0.320 e. The number of urea groups is 1. The molecule has 4 aliphatic rings. The van der Waals surface area contributed by atoms with Crippen LogP contribution in [0.25, 0.3) is 0 Å². The second kappa shape index (κ2) is 6.38. The van der Waals surface area contributed by atoms with Crippen LogP contribution in [0, 0.1) is 11.7 Å². The standard InChI is InChI=1S/C22H29F2N3O2/c1-25(2)22(17-4-3-5-18(23)8-17)10-21(11-22)13-26(12-20(24)14-29-15-20)19(28)27(21)9-16-6-7-16/h3-5,8,16H,6-7,9-15H2,1-2H3. The van der Waals surface area contributed by atoms with E-state index in [1.807, 2.05) is 25.1 Å². The summed E-state index contributed by atoms with van der Waals surface area (Å²) in [5.41, 5.74) is -1.10. The van der Waals surface area contributed by atoms with Gasteiger partial charge in [0, 0.05) is 13.1 Å². The van der Waals surface area contributed by atoms with Crippen LogP contribution in [0.15, 0.2) is 24.3 Å². The van der Waals surface area contributed by atoms with Gasteiger partial charge in [-0.1, -0.05) is 12.1 Å². The molecule has 0 N–H and O–H groups in total. The number of ether oxygens (including phenoxy) is 1. The third kappa shape index (κ3) is 3.05. The summed E-state index contributed by atoms with van der Waals surface area (Å²) < 4.78 is 33.7. The van der Waals surface area contributed by atoms with Crippen molar-refractivity contribution in [3.05, 3.63) is 35.6 Å². The highest BCUT2D eigenvalue weighted by molar-refractivity contribution is 5.79. The van der Waals surface area contributed by atoms with Crippen LogP contribution in [0.2, 0.25) is 0 Å². The summed E-state index contributed by atoms with van der Waals surface area (Å²) in [5.74, 6) is 0.318. The van der Waals surface area contributed by atoms with Gasteiger partial charge < -0.3 is 14.5 Å². The van der Waals surface area contributed by atoms with Crippen LogP contribution in [0.4, 0.5) is 13.6 Å². The smallest absolute Gasteiger partial charge is 0.320 e. The highest BCUT2D eigenvalue weighted by atomic mass is 19.1. The predicted octanol–water partition coefficient (Wildman–Crippen LogP) is 3.00. The lowest BCUT2D eigenvalue weighted by molar-refractivity contribution is -0.137. The molecule has 158 valence electrons. The molecular formula is C22H29F2N3O2. The summed E-state index contributed by atoms with van der Waals surface area (Å²) in [5, 5.41) is 0. The molecular weight excluding hydrogens is 376 g/mol. The number of nitrogens with zero attached hydrogens (tertiary/aromatic N) is 3. The van der Waals surface area contributed by atoms with E-state index in [2.05, 4.69) is 4.90 Å². The molecule has 4 fully saturated rings. The van der Waals surface area contributed by atoms with E-state index in [0.717, 1.165) is 37.8 Å². The molecule has 5 nitrogen and oxygen atoms in total. The second-order valence-electron chi connectivity index (χ2n) is 9.85. The fraction of sp³-hybridized carbons (Fsp3) is 0.682. The number of carbonyl (C=O) groups excluding carboxylic acids is 1. The van der Waals surface area contributed by atoms with Gasteiger partial charge in [-0.15, -0.1) is 0 Å². The second-order valence-corrected chi connectivity index (χ2v) is 9.85. The lowest BCUT2D eigenvalue weighted by Gasteiger charge is -2.60. The van der Waals surface area contributed by atoms with Crippen LogP contribution in [0.3, 0.4) is 0 Å². The number of carbonyl (C=O) groups is 1. The third-order valence-corrected chi connectivity index (χ3v) is 7.35. The molecule has 1 aromatic carbocycles. The topological polar surface area (TPSA) is 36.0 Å². The van der Waals surface area contributed by atoms with Crippen LogP contribution < -0.4 is 0 Å². The van der Waals surface area contributed by atoms with Gasteiger partial charge in [0.2, 0.25) is 0 Å². The van der Waals surface area contributed by atoms with Crippen molar-refractivity contribution in [2.24, 2.45) is 5.92 Å². The molecule has 1 spiro atoms. The van der Waals surface area contributed by atoms with Crippen molar-refractivity contribution >= 4 is 6.03 Å². The highest BCUT2D eigenvalue weighted by Crippen LogP contribution is 2.57. The molecule has 2 aliphatic carbocycles. The van der Waals surface area contributed by atoms with Gasteiger partial charge in [-0.2, -0.15) is 0 Å². The van der Waals surface area contributed by atoms with E-state index in [0.29, 0.717) is 12.5 Å². The molecule has 5 rings (SSSR count). The van der Waals surface area contributed by atoms with Gasteiger partial charge in [-0.25, -0.2) is 13.6 Å². The fourth-order valence-corrected chi connectivity index (χ4v) is 5.49. The Labute approximate surface area is 170 Å². The molecule has 0 radical (unpaired) electrons. The SMILES string of the molecule is CN(C)C1(c2cccc(F)c2)CC2(CN(CC3(F)COC3)C(=O)N2CC2CC2)C1. The number of hydrogen-bond acceptors (Lipinski definition) is 3. The number of hydrogen-bond donors (Lipinski definition) is 0. The lowest BCUT2D eigenvalue weighted by atomic mass is 9.58. The van der Waals surface area contributed by atoms with Crippen molar-refractivity contribution in [2.45, 2.75) is 42.4 Å². The number of alkyl halides is 1. The Hall–Kier alpha value is -1.73. The maximum atomic E-state index is 14.7. The van der Waals surface area contributed by atoms with Crippen LogP contribution in [0.5, 0.6) is 0 Å². The Morgan fingerprint density at radius 3 is 2.52 bits per heavy atom. The van der Waals surface area contributed by atoms with Crippen molar-refractivity contribution in [1.29, 1.82) is 0 Å². The van der Waals surface area contributed by atoms with E-state index < -0.39 is 5.67 Å². The van der Waals surface area contributed by atoms with Crippen LogP contribution in [0.1, 0.15) is 31.2 Å². The minimum Gasteiger partial charge on any atom is -0.374 e. The first-order chi connectivity index (χ1) is 13.8. The first-order valence-electron chi connectivity index (χ1n) is 10.5. The van der Waals surface area contributed by atoms with Gasteiger partial charge in [-0.05, 0) is 63.4 Å². The number of rotatable bonds is 6. The molecule has 1 aromatic rings. The minimum atomic E-state index is -1.42. The third-order valence-electron chi connectivity index (χ3n) is 7.35. The number of halogens is 2. The first kappa shape index (κ1) is 19.2. The van der Waals surface area contributed by atoms with Crippen LogP contribution in [-0.2, 0) is 10.3 Å². The lowest BCUT2D eigenvalue weighted by Crippen LogP contribution is -2.67. The van der Waals surface area contributed by atoms with Gasteiger partial charge in [-0.3, -0.25) is 4.90 Å². The largest absolute Gasteiger partial charge is 0.374 e. The quantitative estimate of drug-likeness (QED) is 0.730. The number of amides is 2. The Kier molecular flexibility index (Phi) is 4.24. The summed E-state index contributed by atoms with van der Waals surface area (Å²) in [6.07, 6.45) is 3.79. The van der Waals surface area contributed by atoms with Crippen molar-refractivity contribution in [3.63, 3.8) is 0 Å². The summed E-state index contributed by atoms with van der Waals surface area (Å²) in [4.78, 5) is 19.1. The zero-order valence-electron chi connectivity index (χ0n) is 17.2. The van der Waals surface area contributed by atoms with E-state index >= 15 is 0 Å². The summed E-state index contributed by atoms with van der Waals surface area (Å²) >= 11 is 0. The monoisotopic (exact) mass is 405 g/mol. The predicted molar refractivity (Wildman–Crippen MR) is 105 cm³/mol. The maximum absolute atomic E-state index is 14.7. The van der Waals surface area contributed by atoms with E-state index in [1.54, 1.807) is 17.0 Å². The van der Waals surface area contributed by atoms with Gasteiger partial charge in [0.05, 0.1) is 30.8 Å². The van der Waals surface area contributed by atoms with Crippen molar-refractivity contribution in [1.82, 2.24) is 14.7 Å². The normalized spacial score (nSPS) is 33.3. The van der Waals surface area contributed by atoms with E-state index in [-0.39, 0.29) is 42.7 Å². The number of benzene rings is 1. The molecule has 0 bridgehead atoms.